The van der Waals surface area contributed by atoms with E-state index in [0.29, 0.717) is 6.42 Å². The molecule has 0 aromatic carbocycles. The van der Waals surface area contributed by atoms with Gasteiger partial charge in [0, 0.05) is 18.9 Å². The summed E-state index contributed by atoms with van der Waals surface area (Å²) in [5.74, 6) is -1.14. The summed E-state index contributed by atoms with van der Waals surface area (Å²) < 4.78 is 1.53. The molecule has 6 nitrogen and oxygen atoms in total. The first-order chi connectivity index (χ1) is 8.40. The van der Waals surface area contributed by atoms with E-state index in [-0.39, 0.29) is 12.5 Å². The Labute approximate surface area is 106 Å². The zero-order valence-electron chi connectivity index (χ0n) is 10.9. The van der Waals surface area contributed by atoms with E-state index in [4.69, 9.17) is 5.11 Å². The van der Waals surface area contributed by atoms with Gasteiger partial charge in [-0.2, -0.15) is 5.10 Å². The fourth-order valence-electron chi connectivity index (χ4n) is 1.41. The summed E-state index contributed by atoms with van der Waals surface area (Å²) in [4.78, 5) is 23.0. The number of nitrogens with zero attached hydrogens (tertiary/aromatic N) is 2. The normalized spacial score (nSPS) is 15.7. The Bertz CT molecular complexity index is 416. The molecule has 0 aliphatic heterocycles. The maximum Gasteiger partial charge on any atom is 0.311 e. The van der Waals surface area contributed by atoms with E-state index in [0.717, 1.165) is 0 Å². The van der Waals surface area contributed by atoms with Gasteiger partial charge in [-0.25, -0.2) is 0 Å². The van der Waals surface area contributed by atoms with Crippen LogP contribution in [0.15, 0.2) is 18.5 Å². The molecule has 0 saturated carbocycles. The summed E-state index contributed by atoms with van der Waals surface area (Å²) in [6.07, 6.45) is 3.75. The van der Waals surface area contributed by atoms with Crippen molar-refractivity contribution in [2.45, 2.75) is 33.2 Å². The van der Waals surface area contributed by atoms with Gasteiger partial charge in [0.2, 0.25) is 5.91 Å². The van der Waals surface area contributed by atoms with Crippen LogP contribution in [0.4, 0.5) is 0 Å². The first kappa shape index (κ1) is 14.2. The van der Waals surface area contributed by atoms with E-state index >= 15 is 0 Å². The van der Waals surface area contributed by atoms with Crippen LogP contribution in [-0.2, 0) is 9.59 Å². The molecule has 1 aromatic heterocycles. The molecule has 18 heavy (non-hydrogen) atoms. The topological polar surface area (TPSA) is 84.2 Å². The molecule has 6 heteroatoms. The summed E-state index contributed by atoms with van der Waals surface area (Å²) in [7, 11) is 0. The second kappa shape index (κ2) is 5.66. The summed E-state index contributed by atoms with van der Waals surface area (Å²) in [6.45, 7) is 5.24. The summed E-state index contributed by atoms with van der Waals surface area (Å²) in [6, 6.07) is 1.28. The molecule has 0 radical (unpaired) electrons. The Morgan fingerprint density at radius 3 is 2.67 bits per heavy atom. The number of aliphatic carboxylic acids is 1. The van der Waals surface area contributed by atoms with Crippen LogP contribution in [0.3, 0.4) is 0 Å². The largest absolute Gasteiger partial charge is 0.481 e. The van der Waals surface area contributed by atoms with Crippen LogP contribution in [0.1, 0.15) is 33.2 Å². The smallest absolute Gasteiger partial charge is 0.311 e. The number of carbonyl (C=O) groups excluding carboxylic acids is 1. The maximum atomic E-state index is 11.9. The van der Waals surface area contributed by atoms with Gasteiger partial charge in [0.1, 0.15) is 6.04 Å². The molecule has 0 saturated heterocycles. The maximum absolute atomic E-state index is 11.9. The first-order valence-electron chi connectivity index (χ1n) is 5.91. The van der Waals surface area contributed by atoms with Crippen molar-refractivity contribution < 1.29 is 14.7 Å². The van der Waals surface area contributed by atoms with Crippen LogP contribution in [0.25, 0.3) is 0 Å². The van der Waals surface area contributed by atoms with Gasteiger partial charge < -0.3 is 10.4 Å². The lowest BCUT2D eigenvalue weighted by molar-refractivity contribution is -0.148. The van der Waals surface area contributed by atoms with Crippen molar-refractivity contribution in [3.63, 3.8) is 0 Å². The van der Waals surface area contributed by atoms with E-state index in [1.165, 1.54) is 4.68 Å². The molecule has 0 aliphatic rings. The lowest BCUT2D eigenvalue weighted by atomic mass is 9.87. The Morgan fingerprint density at radius 2 is 2.22 bits per heavy atom. The fourth-order valence-corrected chi connectivity index (χ4v) is 1.41. The number of rotatable bonds is 6. The zero-order chi connectivity index (χ0) is 13.8. The summed E-state index contributed by atoms with van der Waals surface area (Å²) in [5.41, 5.74) is -0.931. The number of hydrogen-bond acceptors (Lipinski definition) is 3. The molecule has 2 N–H and O–H groups in total. The average Bonchev–Trinajstić information content (AvgIpc) is 2.88. The second-order valence-corrected chi connectivity index (χ2v) is 4.60. The highest BCUT2D eigenvalue weighted by atomic mass is 16.4. The Morgan fingerprint density at radius 1 is 1.56 bits per heavy atom. The number of nitrogens with one attached hydrogen (secondary N) is 1. The van der Waals surface area contributed by atoms with Crippen LogP contribution < -0.4 is 5.32 Å². The highest BCUT2D eigenvalue weighted by Gasteiger charge is 2.32. The molecule has 1 heterocycles. The molecular weight excluding hydrogens is 234 g/mol. The van der Waals surface area contributed by atoms with Gasteiger partial charge in [-0.3, -0.25) is 14.3 Å². The van der Waals surface area contributed by atoms with Crippen LogP contribution in [-0.4, -0.2) is 33.3 Å². The molecule has 2 atom stereocenters. The van der Waals surface area contributed by atoms with Crippen LogP contribution in [0, 0.1) is 5.41 Å². The number of aromatic nitrogens is 2. The number of carboxylic acids is 1. The van der Waals surface area contributed by atoms with Gasteiger partial charge in [-0.05, 0) is 26.3 Å². The van der Waals surface area contributed by atoms with E-state index < -0.39 is 17.4 Å². The standard InChI is InChI=1S/C12H19N3O3/c1-4-12(3,11(17)18)8-13-10(16)9(2)15-7-5-6-14-15/h5-7,9H,4,8H2,1-3H3,(H,13,16)(H,17,18). The van der Waals surface area contributed by atoms with Crippen LogP contribution >= 0.6 is 0 Å². The molecule has 0 aliphatic carbocycles. The van der Waals surface area contributed by atoms with Crippen molar-refractivity contribution >= 4 is 11.9 Å². The molecular formula is C12H19N3O3. The number of amides is 1. The minimum Gasteiger partial charge on any atom is -0.481 e. The minimum absolute atomic E-state index is 0.114. The third-order valence-corrected chi connectivity index (χ3v) is 3.25. The minimum atomic E-state index is -0.931. The molecule has 0 bridgehead atoms. The van der Waals surface area contributed by atoms with Crippen molar-refractivity contribution in [1.82, 2.24) is 15.1 Å². The highest BCUT2D eigenvalue weighted by Crippen LogP contribution is 2.20. The van der Waals surface area contributed by atoms with Crippen LogP contribution in [0.2, 0.25) is 0 Å². The quantitative estimate of drug-likeness (QED) is 0.794. The predicted molar refractivity (Wildman–Crippen MR) is 66.0 cm³/mol. The van der Waals surface area contributed by atoms with E-state index in [9.17, 15) is 9.59 Å². The van der Waals surface area contributed by atoms with Crippen molar-refractivity contribution in [2.75, 3.05) is 6.54 Å². The van der Waals surface area contributed by atoms with Crippen molar-refractivity contribution in [2.24, 2.45) is 5.41 Å². The highest BCUT2D eigenvalue weighted by molar-refractivity contribution is 5.81. The lowest BCUT2D eigenvalue weighted by Crippen LogP contribution is -2.42. The number of carboxylic acid groups (broad SMARTS) is 1. The average molecular weight is 253 g/mol. The first-order valence-corrected chi connectivity index (χ1v) is 5.91. The Balaban J connectivity index is 2.58. The van der Waals surface area contributed by atoms with Crippen molar-refractivity contribution in [3.8, 4) is 0 Å². The fraction of sp³-hybridized carbons (Fsp3) is 0.583. The molecule has 2 unspecified atom stereocenters. The van der Waals surface area contributed by atoms with E-state index in [2.05, 4.69) is 10.4 Å². The van der Waals surface area contributed by atoms with E-state index in [1.54, 1.807) is 39.2 Å². The van der Waals surface area contributed by atoms with Gasteiger partial charge in [-0.1, -0.05) is 6.92 Å². The monoisotopic (exact) mass is 253 g/mol. The van der Waals surface area contributed by atoms with Gasteiger partial charge in [0.05, 0.1) is 5.41 Å². The Hall–Kier alpha value is -1.85. The number of hydrogen-bond donors (Lipinski definition) is 2. The molecule has 0 fully saturated rings. The number of carbonyl (C=O) groups is 2. The SMILES string of the molecule is CCC(C)(CNC(=O)C(C)n1cccn1)C(=O)O. The van der Waals surface area contributed by atoms with E-state index in [1.807, 2.05) is 0 Å². The second-order valence-electron chi connectivity index (χ2n) is 4.60. The summed E-state index contributed by atoms with van der Waals surface area (Å²) >= 11 is 0. The van der Waals surface area contributed by atoms with Gasteiger partial charge >= 0.3 is 5.97 Å². The van der Waals surface area contributed by atoms with Gasteiger partial charge in [0.25, 0.3) is 0 Å². The predicted octanol–water partition coefficient (Wildman–Crippen LogP) is 1.06. The lowest BCUT2D eigenvalue weighted by Gasteiger charge is -2.24. The molecule has 100 valence electrons. The molecule has 1 rings (SSSR count). The molecule has 0 spiro atoms. The Kier molecular flexibility index (Phi) is 4.47. The van der Waals surface area contributed by atoms with Gasteiger partial charge in [0.15, 0.2) is 0 Å². The third-order valence-electron chi connectivity index (χ3n) is 3.25. The molecule has 1 amide bonds. The summed E-state index contributed by atoms with van der Waals surface area (Å²) in [5, 5.41) is 15.7. The van der Waals surface area contributed by atoms with Crippen molar-refractivity contribution in [3.05, 3.63) is 18.5 Å². The third kappa shape index (κ3) is 3.09. The van der Waals surface area contributed by atoms with Gasteiger partial charge in [-0.15, -0.1) is 0 Å². The molecule has 1 aromatic rings. The zero-order valence-corrected chi connectivity index (χ0v) is 10.9. The van der Waals surface area contributed by atoms with Crippen LogP contribution in [0.5, 0.6) is 0 Å². The van der Waals surface area contributed by atoms with Crippen molar-refractivity contribution in [1.29, 1.82) is 0 Å².